The molecule has 0 heterocycles. The van der Waals surface area contributed by atoms with E-state index in [2.05, 4.69) is 14.0 Å². The second kappa shape index (κ2) is 4.94. The average molecular weight is 282 g/mol. The van der Waals surface area contributed by atoms with E-state index in [1.165, 1.54) is 0 Å². The Morgan fingerprint density at radius 1 is 0.941 bits per heavy atom. The molecule has 0 aliphatic rings. The Labute approximate surface area is 89.1 Å². The molecular weight excluding hydrogens is 281 g/mol. The minimum Gasteiger partial charge on any atom is -0.397 e. The summed E-state index contributed by atoms with van der Waals surface area (Å²) in [5.41, 5.74) is 0. The lowest BCUT2D eigenvalue weighted by atomic mass is 10.3. The largest absolute Gasteiger partial charge is 0.593 e. The Morgan fingerprint density at radius 2 is 1.47 bits per heavy atom. The molecule has 0 atom stereocenters. The third-order valence-corrected chi connectivity index (χ3v) is 2.21. The van der Waals surface area contributed by atoms with Crippen LogP contribution in [0, 0.1) is 23.3 Å². The van der Waals surface area contributed by atoms with Gasteiger partial charge in [0.2, 0.25) is 11.6 Å². The molecule has 0 unspecified atom stereocenters. The molecule has 17 heavy (non-hydrogen) atoms. The molecule has 1 aromatic carbocycles. The van der Waals surface area contributed by atoms with Gasteiger partial charge >= 0.3 is 7.82 Å². The molecule has 0 amide bonds. The quantitative estimate of drug-likeness (QED) is 0.367. The topological polar surface area (TPSA) is 44.8 Å². The first kappa shape index (κ1) is 13.8. The van der Waals surface area contributed by atoms with Gasteiger partial charge in [-0.1, -0.05) is 9.46 Å². The van der Waals surface area contributed by atoms with Gasteiger partial charge < -0.3 is 4.52 Å². The van der Waals surface area contributed by atoms with Gasteiger partial charge in [-0.15, -0.1) is 0 Å². The zero-order valence-corrected chi connectivity index (χ0v) is 8.32. The standard InChI is InChI=1S/C6HF6O4P/c7-2-1-3(5(9)6(10)4(2)8)14-17(13,15-11)16-12/h1H. The highest BCUT2D eigenvalue weighted by Crippen LogP contribution is 2.50. The Kier molecular flexibility index (Phi) is 4.02. The van der Waals surface area contributed by atoms with Crippen molar-refractivity contribution in [1.82, 2.24) is 0 Å². The fraction of sp³-hybridized carbons (Fsp3) is 0. The van der Waals surface area contributed by atoms with Crippen LogP contribution in [0.1, 0.15) is 0 Å². The van der Waals surface area contributed by atoms with Crippen molar-refractivity contribution in [1.29, 1.82) is 0 Å². The molecule has 0 bridgehead atoms. The first-order chi connectivity index (χ1) is 7.84. The van der Waals surface area contributed by atoms with Crippen molar-refractivity contribution in [2.45, 2.75) is 0 Å². The van der Waals surface area contributed by atoms with Crippen molar-refractivity contribution in [3.05, 3.63) is 29.3 Å². The SMILES string of the molecule is O=P(OF)(OF)Oc1cc(F)c(F)c(F)c1F. The second-order valence-electron chi connectivity index (χ2n) is 2.47. The number of hydrogen-bond donors (Lipinski definition) is 0. The van der Waals surface area contributed by atoms with E-state index in [4.69, 9.17) is 0 Å². The van der Waals surface area contributed by atoms with Crippen LogP contribution >= 0.6 is 7.82 Å². The van der Waals surface area contributed by atoms with Crippen LogP contribution in [0.3, 0.4) is 0 Å². The second-order valence-corrected chi connectivity index (χ2v) is 3.83. The van der Waals surface area contributed by atoms with Gasteiger partial charge in [0, 0.05) is 6.07 Å². The summed E-state index contributed by atoms with van der Waals surface area (Å²) < 4.78 is 92.5. The van der Waals surface area contributed by atoms with Gasteiger partial charge in [-0.05, 0) is 9.05 Å². The van der Waals surface area contributed by atoms with Crippen LogP contribution in [0.5, 0.6) is 5.75 Å². The van der Waals surface area contributed by atoms with Crippen LogP contribution in [0.2, 0.25) is 0 Å². The van der Waals surface area contributed by atoms with E-state index in [1.54, 1.807) is 0 Å². The van der Waals surface area contributed by atoms with Gasteiger partial charge in [0.1, 0.15) is 0 Å². The van der Waals surface area contributed by atoms with Gasteiger partial charge in [-0.3, -0.25) is 0 Å². The maximum absolute atomic E-state index is 12.9. The van der Waals surface area contributed by atoms with Gasteiger partial charge in [0.25, 0.3) is 0 Å². The Hall–Kier alpha value is -1.25. The summed E-state index contributed by atoms with van der Waals surface area (Å²) in [6.45, 7) is 0. The van der Waals surface area contributed by atoms with Crippen LogP contribution in [-0.2, 0) is 14.0 Å². The average Bonchev–Trinajstić information content (AvgIpc) is 2.33. The first-order valence-corrected chi connectivity index (χ1v) is 5.04. The zero-order chi connectivity index (χ0) is 13.2. The smallest absolute Gasteiger partial charge is 0.397 e. The molecule has 1 aromatic rings. The molecule has 0 fully saturated rings. The normalized spacial score (nSPS) is 11.6. The summed E-state index contributed by atoms with van der Waals surface area (Å²) in [4.78, 5) is 0. The summed E-state index contributed by atoms with van der Waals surface area (Å²) in [5.74, 6) is -10.2. The van der Waals surface area contributed by atoms with Crippen molar-refractivity contribution in [3.63, 3.8) is 0 Å². The van der Waals surface area contributed by atoms with Crippen molar-refractivity contribution in [2.24, 2.45) is 0 Å². The first-order valence-electron chi connectivity index (χ1n) is 3.58. The van der Waals surface area contributed by atoms with Crippen LogP contribution in [0.15, 0.2) is 6.07 Å². The maximum Gasteiger partial charge on any atom is 0.593 e. The summed E-state index contributed by atoms with van der Waals surface area (Å²) in [6.07, 6.45) is 0. The van der Waals surface area contributed by atoms with E-state index in [9.17, 15) is 31.2 Å². The molecular formula is C6HF6O4P. The molecule has 0 aliphatic carbocycles. The highest BCUT2D eigenvalue weighted by Gasteiger charge is 2.34. The minimum absolute atomic E-state index is 0.140. The van der Waals surface area contributed by atoms with E-state index >= 15 is 0 Å². The van der Waals surface area contributed by atoms with Crippen LogP contribution < -0.4 is 4.52 Å². The molecule has 0 N–H and O–H groups in total. The van der Waals surface area contributed by atoms with Crippen molar-refractivity contribution < 1.29 is 45.2 Å². The molecule has 0 saturated heterocycles. The molecule has 0 saturated carbocycles. The Balaban J connectivity index is 3.21. The van der Waals surface area contributed by atoms with Crippen LogP contribution in [0.25, 0.3) is 0 Å². The molecule has 0 aromatic heterocycles. The number of halogens is 6. The van der Waals surface area contributed by atoms with E-state index in [0.29, 0.717) is 0 Å². The van der Waals surface area contributed by atoms with Gasteiger partial charge in [-0.2, -0.15) is 4.39 Å². The number of phosphoric acid groups is 1. The lowest BCUT2D eigenvalue weighted by Gasteiger charge is -2.10. The van der Waals surface area contributed by atoms with Gasteiger partial charge in [-0.25, -0.2) is 17.7 Å². The Bertz CT molecular complexity index is 472. The molecule has 1 rings (SSSR count). The van der Waals surface area contributed by atoms with E-state index in [0.717, 1.165) is 0 Å². The molecule has 96 valence electrons. The number of rotatable bonds is 4. The predicted molar refractivity (Wildman–Crippen MR) is 38.9 cm³/mol. The number of hydrogen-bond acceptors (Lipinski definition) is 4. The highest BCUT2D eigenvalue weighted by atomic mass is 31.2. The van der Waals surface area contributed by atoms with Crippen molar-refractivity contribution in [3.8, 4) is 5.75 Å². The lowest BCUT2D eigenvalue weighted by Crippen LogP contribution is -2.02. The van der Waals surface area contributed by atoms with Crippen molar-refractivity contribution in [2.75, 3.05) is 0 Å². The fourth-order valence-electron chi connectivity index (χ4n) is 0.777. The predicted octanol–water partition coefficient (Wildman–Crippen LogP) is 3.53. The third-order valence-electron chi connectivity index (χ3n) is 1.45. The molecule has 0 aliphatic heterocycles. The highest BCUT2D eigenvalue weighted by molar-refractivity contribution is 7.48. The summed E-state index contributed by atoms with van der Waals surface area (Å²) in [7, 11) is -5.51. The monoisotopic (exact) mass is 282 g/mol. The van der Waals surface area contributed by atoms with Crippen LogP contribution in [0.4, 0.5) is 26.6 Å². The van der Waals surface area contributed by atoms with Gasteiger partial charge in [0.05, 0.1) is 0 Å². The van der Waals surface area contributed by atoms with Crippen molar-refractivity contribution >= 4 is 7.82 Å². The summed E-state index contributed by atoms with van der Waals surface area (Å²) in [6, 6.07) is -0.140. The molecule has 11 heteroatoms. The molecule has 0 radical (unpaired) electrons. The minimum atomic E-state index is -5.51. The Morgan fingerprint density at radius 3 is 1.94 bits per heavy atom. The van der Waals surface area contributed by atoms with Crippen LogP contribution in [-0.4, -0.2) is 0 Å². The lowest BCUT2D eigenvalue weighted by molar-refractivity contribution is -0.107. The summed E-state index contributed by atoms with van der Waals surface area (Å²) >= 11 is 0. The fourth-order valence-corrected chi connectivity index (χ4v) is 1.23. The zero-order valence-electron chi connectivity index (χ0n) is 7.43. The molecule has 4 nitrogen and oxygen atoms in total. The van der Waals surface area contributed by atoms with E-state index in [-0.39, 0.29) is 6.07 Å². The number of benzene rings is 1. The third kappa shape index (κ3) is 2.71. The van der Waals surface area contributed by atoms with E-state index in [1.807, 2.05) is 0 Å². The molecule has 0 spiro atoms. The van der Waals surface area contributed by atoms with E-state index < -0.39 is 36.8 Å². The summed E-state index contributed by atoms with van der Waals surface area (Å²) in [5, 5.41) is 0. The van der Waals surface area contributed by atoms with Gasteiger partial charge in [0.15, 0.2) is 17.4 Å². The maximum atomic E-state index is 12.9.